The first-order valence-corrected chi connectivity index (χ1v) is 9.42. The van der Waals surface area contributed by atoms with Crippen LogP contribution >= 0.6 is 0 Å². The molecule has 0 saturated heterocycles. The highest BCUT2D eigenvalue weighted by Gasteiger charge is 2.21. The largest absolute Gasteiger partial charge is 0.313 e. The van der Waals surface area contributed by atoms with Crippen LogP contribution in [0.1, 0.15) is 51.0 Å². The van der Waals surface area contributed by atoms with Gasteiger partial charge in [-0.05, 0) is 37.1 Å². The highest BCUT2D eigenvalue weighted by molar-refractivity contribution is 7.89. The molecule has 0 amide bonds. The summed E-state index contributed by atoms with van der Waals surface area (Å²) < 4.78 is 27.9. The summed E-state index contributed by atoms with van der Waals surface area (Å²) in [7, 11) is -3.40. The van der Waals surface area contributed by atoms with Crippen LogP contribution in [0.2, 0.25) is 0 Å². The van der Waals surface area contributed by atoms with Gasteiger partial charge in [-0.3, -0.25) is 0 Å². The van der Waals surface area contributed by atoms with Crippen LogP contribution in [0.25, 0.3) is 0 Å². The number of benzene rings is 1. The molecule has 5 heteroatoms. The molecule has 118 valence electrons. The van der Waals surface area contributed by atoms with Crippen LogP contribution in [0, 0.1) is 0 Å². The normalized spacial score (nSPS) is 17.6. The average Bonchev–Trinajstić information content (AvgIpc) is 2.73. The van der Waals surface area contributed by atoms with E-state index < -0.39 is 10.0 Å². The Kier molecular flexibility index (Phi) is 6.21. The molecule has 2 rings (SSSR count). The SMILES string of the molecule is CCNCc1cccc(S(=O)(=O)NC2CCCCCC2)c1. The quantitative estimate of drug-likeness (QED) is 0.794. The van der Waals surface area contributed by atoms with E-state index in [-0.39, 0.29) is 6.04 Å². The van der Waals surface area contributed by atoms with Gasteiger partial charge < -0.3 is 5.32 Å². The summed E-state index contributed by atoms with van der Waals surface area (Å²) in [5.74, 6) is 0. The van der Waals surface area contributed by atoms with E-state index in [0.29, 0.717) is 11.4 Å². The standard InChI is InChI=1S/C16H26N2O2S/c1-2-17-13-14-8-7-11-16(12-14)21(19,20)18-15-9-5-3-4-6-10-15/h7-8,11-12,15,17-18H,2-6,9-10,13H2,1H3. The van der Waals surface area contributed by atoms with E-state index in [4.69, 9.17) is 0 Å². The van der Waals surface area contributed by atoms with E-state index in [9.17, 15) is 8.42 Å². The molecule has 0 atom stereocenters. The van der Waals surface area contributed by atoms with Crippen molar-refractivity contribution >= 4 is 10.0 Å². The zero-order chi connectivity index (χ0) is 15.1. The van der Waals surface area contributed by atoms with Crippen molar-refractivity contribution in [2.45, 2.75) is 62.9 Å². The summed E-state index contributed by atoms with van der Waals surface area (Å²) in [5.41, 5.74) is 1.00. The lowest BCUT2D eigenvalue weighted by Crippen LogP contribution is -2.34. The van der Waals surface area contributed by atoms with Gasteiger partial charge in [0.25, 0.3) is 0 Å². The third-order valence-corrected chi connectivity index (χ3v) is 5.48. The van der Waals surface area contributed by atoms with Gasteiger partial charge in [-0.15, -0.1) is 0 Å². The highest BCUT2D eigenvalue weighted by atomic mass is 32.2. The topological polar surface area (TPSA) is 58.2 Å². The molecule has 0 radical (unpaired) electrons. The van der Waals surface area contributed by atoms with Gasteiger partial charge >= 0.3 is 0 Å². The lowest BCUT2D eigenvalue weighted by Gasteiger charge is -2.16. The third-order valence-electron chi connectivity index (χ3n) is 3.96. The minimum Gasteiger partial charge on any atom is -0.313 e. The number of hydrogen-bond acceptors (Lipinski definition) is 3. The molecule has 0 unspecified atom stereocenters. The van der Waals surface area contributed by atoms with E-state index >= 15 is 0 Å². The van der Waals surface area contributed by atoms with Crippen LogP contribution in [0.15, 0.2) is 29.2 Å². The van der Waals surface area contributed by atoms with E-state index in [0.717, 1.165) is 37.8 Å². The van der Waals surface area contributed by atoms with E-state index in [1.165, 1.54) is 12.8 Å². The number of nitrogens with one attached hydrogen (secondary N) is 2. The Morgan fingerprint density at radius 2 is 1.86 bits per heavy atom. The van der Waals surface area contributed by atoms with Crippen molar-refractivity contribution < 1.29 is 8.42 Å². The molecule has 1 aromatic carbocycles. The van der Waals surface area contributed by atoms with Crippen molar-refractivity contribution in [3.8, 4) is 0 Å². The number of hydrogen-bond donors (Lipinski definition) is 2. The van der Waals surface area contributed by atoms with Crippen LogP contribution in [0.5, 0.6) is 0 Å². The Balaban J connectivity index is 2.07. The van der Waals surface area contributed by atoms with Gasteiger partial charge in [0.2, 0.25) is 10.0 Å². The maximum Gasteiger partial charge on any atom is 0.240 e. The first kappa shape index (κ1) is 16.5. The van der Waals surface area contributed by atoms with Crippen LogP contribution in [0.3, 0.4) is 0 Å². The van der Waals surface area contributed by atoms with Gasteiger partial charge in [0.05, 0.1) is 4.90 Å². The van der Waals surface area contributed by atoms with E-state index in [1.807, 2.05) is 19.1 Å². The Hall–Kier alpha value is -0.910. The second-order valence-corrected chi connectivity index (χ2v) is 7.45. The predicted octanol–water partition coefficient (Wildman–Crippen LogP) is 2.80. The zero-order valence-electron chi connectivity index (χ0n) is 12.8. The molecule has 1 saturated carbocycles. The fraction of sp³-hybridized carbons (Fsp3) is 0.625. The van der Waals surface area contributed by atoms with Crippen molar-refractivity contribution in [1.82, 2.24) is 10.0 Å². The monoisotopic (exact) mass is 310 g/mol. The van der Waals surface area contributed by atoms with Gasteiger partial charge in [-0.1, -0.05) is 44.7 Å². The lowest BCUT2D eigenvalue weighted by molar-refractivity contribution is 0.510. The first-order chi connectivity index (χ1) is 10.1. The van der Waals surface area contributed by atoms with Gasteiger partial charge in [-0.2, -0.15) is 0 Å². The summed E-state index contributed by atoms with van der Waals surface area (Å²) in [6.45, 7) is 3.61. The molecule has 1 aliphatic rings. The molecule has 0 heterocycles. The van der Waals surface area contributed by atoms with Crippen LogP contribution in [0.4, 0.5) is 0 Å². The fourth-order valence-electron chi connectivity index (χ4n) is 2.78. The second kappa shape index (κ2) is 7.92. The number of sulfonamides is 1. The summed E-state index contributed by atoms with van der Waals surface area (Å²) in [4.78, 5) is 0.377. The summed E-state index contributed by atoms with van der Waals surface area (Å²) in [6, 6.07) is 7.30. The molecule has 0 aromatic heterocycles. The van der Waals surface area contributed by atoms with Gasteiger partial charge in [0.15, 0.2) is 0 Å². The smallest absolute Gasteiger partial charge is 0.240 e. The Labute approximate surface area is 128 Å². The molecule has 0 bridgehead atoms. The molecular weight excluding hydrogens is 284 g/mol. The molecule has 0 spiro atoms. The molecule has 4 nitrogen and oxygen atoms in total. The van der Waals surface area contributed by atoms with Gasteiger partial charge in [0.1, 0.15) is 0 Å². The highest BCUT2D eigenvalue weighted by Crippen LogP contribution is 2.20. The van der Waals surface area contributed by atoms with Crippen molar-refractivity contribution in [3.63, 3.8) is 0 Å². The molecule has 2 N–H and O–H groups in total. The molecule has 21 heavy (non-hydrogen) atoms. The minimum atomic E-state index is -3.40. The van der Waals surface area contributed by atoms with Crippen molar-refractivity contribution in [1.29, 1.82) is 0 Å². The lowest BCUT2D eigenvalue weighted by atomic mass is 10.1. The maximum atomic E-state index is 12.5. The molecule has 1 fully saturated rings. The average molecular weight is 310 g/mol. The first-order valence-electron chi connectivity index (χ1n) is 7.94. The third kappa shape index (κ3) is 5.09. The van der Waals surface area contributed by atoms with Crippen LogP contribution in [-0.4, -0.2) is 21.0 Å². The van der Waals surface area contributed by atoms with E-state index in [1.54, 1.807) is 12.1 Å². The maximum absolute atomic E-state index is 12.5. The fourth-order valence-corrected chi connectivity index (χ4v) is 4.15. The van der Waals surface area contributed by atoms with Crippen molar-refractivity contribution in [3.05, 3.63) is 29.8 Å². The van der Waals surface area contributed by atoms with Crippen LogP contribution in [-0.2, 0) is 16.6 Å². The van der Waals surface area contributed by atoms with Crippen molar-refractivity contribution in [2.24, 2.45) is 0 Å². The summed E-state index contributed by atoms with van der Waals surface area (Å²) in [5, 5.41) is 3.22. The second-order valence-electron chi connectivity index (χ2n) is 5.74. The summed E-state index contributed by atoms with van der Waals surface area (Å²) in [6.07, 6.45) is 6.58. The van der Waals surface area contributed by atoms with Gasteiger partial charge in [-0.25, -0.2) is 13.1 Å². The minimum absolute atomic E-state index is 0.0925. The predicted molar refractivity (Wildman–Crippen MR) is 85.6 cm³/mol. The van der Waals surface area contributed by atoms with E-state index in [2.05, 4.69) is 10.0 Å². The van der Waals surface area contributed by atoms with Gasteiger partial charge in [0, 0.05) is 12.6 Å². The molecule has 1 aliphatic carbocycles. The Morgan fingerprint density at radius 1 is 1.14 bits per heavy atom. The summed E-state index contributed by atoms with van der Waals surface area (Å²) >= 11 is 0. The molecular formula is C16H26N2O2S. The Bertz CT molecular complexity index is 535. The zero-order valence-corrected chi connectivity index (χ0v) is 13.6. The number of rotatable bonds is 6. The molecule has 0 aliphatic heterocycles. The van der Waals surface area contributed by atoms with Crippen LogP contribution < -0.4 is 10.0 Å². The Morgan fingerprint density at radius 3 is 2.52 bits per heavy atom. The van der Waals surface area contributed by atoms with Crippen molar-refractivity contribution in [2.75, 3.05) is 6.54 Å². The molecule has 1 aromatic rings.